The quantitative estimate of drug-likeness (QED) is 0.721. The van der Waals surface area contributed by atoms with E-state index in [2.05, 4.69) is 0 Å². The summed E-state index contributed by atoms with van der Waals surface area (Å²) in [7, 11) is 0. The smallest absolute Gasteiger partial charge is 0.192 e. The minimum Gasteiger partial charge on any atom is -0.192 e. The standard InChI is InChI=1S/C8HF5N2S/c9-7(10,8(11,12)13)5-3-16-6(2-15)4(5)1-14/h3H. The predicted octanol–water partition coefficient (Wildman–Crippen LogP) is 3.15. The normalized spacial score (nSPS) is 11.9. The van der Waals surface area contributed by atoms with Gasteiger partial charge in [-0.3, -0.25) is 0 Å². The molecule has 0 aliphatic rings. The van der Waals surface area contributed by atoms with Gasteiger partial charge in [0.2, 0.25) is 0 Å². The molecule has 0 atom stereocenters. The molecule has 1 aromatic rings. The van der Waals surface area contributed by atoms with E-state index in [1.807, 2.05) is 0 Å². The van der Waals surface area contributed by atoms with Crippen molar-refractivity contribution in [3.05, 3.63) is 21.4 Å². The molecule has 0 saturated heterocycles. The van der Waals surface area contributed by atoms with Crippen molar-refractivity contribution < 1.29 is 22.0 Å². The largest absolute Gasteiger partial charge is 0.458 e. The molecule has 1 aromatic heterocycles. The van der Waals surface area contributed by atoms with Crippen LogP contribution in [-0.2, 0) is 5.92 Å². The molecule has 16 heavy (non-hydrogen) atoms. The predicted molar refractivity (Wildman–Crippen MR) is 43.7 cm³/mol. The van der Waals surface area contributed by atoms with E-state index in [-0.39, 0.29) is 0 Å². The zero-order chi connectivity index (χ0) is 12.6. The lowest BCUT2D eigenvalue weighted by atomic mass is 10.1. The summed E-state index contributed by atoms with van der Waals surface area (Å²) in [5, 5.41) is 17.3. The molecule has 2 nitrogen and oxygen atoms in total. The van der Waals surface area contributed by atoms with Gasteiger partial charge in [-0.1, -0.05) is 0 Å². The third kappa shape index (κ3) is 1.72. The average molecular weight is 252 g/mol. The number of hydrogen-bond acceptors (Lipinski definition) is 3. The maximum atomic E-state index is 12.9. The van der Waals surface area contributed by atoms with Crippen molar-refractivity contribution >= 4 is 11.3 Å². The second-order valence-electron chi connectivity index (χ2n) is 2.65. The van der Waals surface area contributed by atoms with Crippen molar-refractivity contribution in [3.63, 3.8) is 0 Å². The second kappa shape index (κ2) is 3.72. The number of alkyl halides is 5. The zero-order valence-electron chi connectivity index (χ0n) is 7.27. The fourth-order valence-electron chi connectivity index (χ4n) is 0.935. The van der Waals surface area contributed by atoms with Gasteiger partial charge in [0.15, 0.2) is 0 Å². The molecule has 0 aliphatic carbocycles. The summed E-state index contributed by atoms with van der Waals surface area (Å²) in [5.74, 6) is -5.12. The molecule has 0 aromatic carbocycles. The van der Waals surface area contributed by atoms with E-state index in [9.17, 15) is 22.0 Å². The number of halogens is 5. The van der Waals surface area contributed by atoms with Gasteiger partial charge in [0.25, 0.3) is 0 Å². The zero-order valence-corrected chi connectivity index (χ0v) is 8.09. The molecule has 8 heteroatoms. The number of nitriles is 2. The molecule has 1 heterocycles. The highest BCUT2D eigenvalue weighted by molar-refractivity contribution is 7.10. The molecule has 1 rings (SSSR count). The van der Waals surface area contributed by atoms with Crippen LogP contribution in [0.3, 0.4) is 0 Å². The molecule has 0 N–H and O–H groups in total. The minimum atomic E-state index is -5.79. The third-order valence-electron chi connectivity index (χ3n) is 1.70. The Balaban J connectivity index is 3.43. The van der Waals surface area contributed by atoms with Crippen LogP contribution in [0.4, 0.5) is 22.0 Å². The van der Waals surface area contributed by atoms with Gasteiger partial charge in [-0.15, -0.1) is 11.3 Å². The van der Waals surface area contributed by atoms with Crippen LogP contribution in [0.25, 0.3) is 0 Å². The lowest BCUT2D eigenvalue weighted by Gasteiger charge is -2.18. The first-order valence-electron chi connectivity index (χ1n) is 3.62. The minimum absolute atomic E-state index is 0.380. The van der Waals surface area contributed by atoms with Gasteiger partial charge >= 0.3 is 12.1 Å². The fraction of sp³-hybridized carbons (Fsp3) is 0.250. The molecule has 0 saturated carbocycles. The topological polar surface area (TPSA) is 47.6 Å². The Morgan fingerprint density at radius 1 is 1.06 bits per heavy atom. The summed E-state index contributed by atoms with van der Waals surface area (Å²) in [5.41, 5.74) is -2.39. The highest BCUT2D eigenvalue weighted by atomic mass is 32.1. The van der Waals surface area contributed by atoms with Gasteiger partial charge in [0.05, 0.1) is 11.1 Å². The van der Waals surface area contributed by atoms with Crippen molar-refractivity contribution in [1.29, 1.82) is 10.5 Å². The van der Waals surface area contributed by atoms with Crippen LogP contribution in [0.2, 0.25) is 0 Å². The third-order valence-corrected chi connectivity index (χ3v) is 2.58. The average Bonchev–Trinajstić information content (AvgIpc) is 2.58. The summed E-state index contributed by atoms with van der Waals surface area (Å²) in [4.78, 5) is -0.457. The van der Waals surface area contributed by atoms with E-state index in [1.54, 1.807) is 0 Å². The van der Waals surface area contributed by atoms with Crippen molar-refractivity contribution in [3.8, 4) is 12.1 Å². The SMILES string of the molecule is N#Cc1scc(C(F)(F)C(F)(F)F)c1C#N. The Labute approximate surface area is 90.1 Å². The van der Waals surface area contributed by atoms with Gasteiger partial charge in [0, 0.05) is 5.38 Å². The van der Waals surface area contributed by atoms with Gasteiger partial charge < -0.3 is 0 Å². The van der Waals surface area contributed by atoms with Crippen LogP contribution in [0, 0.1) is 22.7 Å². The molecule has 0 spiro atoms. The first kappa shape index (κ1) is 12.4. The summed E-state index contributed by atoms with van der Waals surface area (Å²) < 4.78 is 61.8. The molecule has 84 valence electrons. The molecule has 0 bridgehead atoms. The molecule has 0 fully saturated rings. The van der Waals surface area contributed by atoms with E-state index >= 15 is 0 Å². The Morgan fingerprint density at radius 2 is 1.62 bits per heavy atom. The highest BCUT2D eigenvalue weighted by Crippen LogP contribution is 2.46. The highest BCUT2D eigenvalue weighted by Gasteiger charge is 2.60. The van der Waals surface area contributed by atoms with Crippen molar-refractivity contribution in [2.75, 3.05) is 0 Å². The van der Waals surface area contributed by atoms with Gasteiger partial charge in [-0.2, -0.15) is 32.5 Å². The summed E-state index contributed by atoms with van der Waals surface area (Å²) in [6, 6.07) is 2.57. The van der Waals surface area contributed by atoms with E-state index in [0.717, 1.165) is 0 Å². The number of rotatable bonds is 1. The molecular formula is C8HF5N2S. The van der Waals surface area contributed by atoms with Crippen molar-refractivity contribution in [2.24, 2.45) is 0 Å². The molecule has 0 radical (unpaired) electrons. The van der Waals surface area contributed by atoms with Crippen LogP contribution in [0.5, 0.6) is 0 Å². The molecule has 0 unspecified atom stereocenters. The van der Waals surface area contributed by atoms with E-state index in [0.29, 0.717) is 16.7 Å². The summed E-state index contributed by atoms with van der Waals surface area (Å²) in [6.07, 6.45) is -5.79. The van der Waals surface area contributed by atoms with Crippen LogP contribution in [0.1, 0.15) is 16.0 Å². The monoisotopic (exact) mass is 252 g/mol. The van der Waals surface area contributed by atoms with Crippen molar-refractivity contribution in [2.45, 2.75) is 12.1 Å². The Kier molecular flexibility index (Phi) is 2.89. The van der Waals surface area contributed by atoms with Gasteiger partial charge in [-0.05, 0) is 0 Å². The van der Waals surface area contributed by atoms with E-state index < -0.39 is 28.1 Å². The maximum Gasteiger partial charge on any atom is 0.458 e. The van der Waals surface area contributed by atoms with Crippen LogP contribution in [-0.4, -0.2) is 6.18 Å². The Morgan fingerprint density at radius 3 is 2.00 bits per heavy atom. The number of thiophene rings is 1. The molecular weight excluding hydrogens is 251 g/mol. The van der Waals surface area contributed by atoms with Crippen molar-refractivity contribution in [1.82, 2.24) is 0 Å². The van der Waals surface area contributed by atoms with Crippen LogP contribution >= 0.6 is 11.3 Å². The van der Waals surface area contributed by atoms with Gasteiger partial charge in [0.1, 0.15) is 17.0 Å². The number of hydrogen-bond donors (Lipinski definition) is 0. The maximum absolute atomic E-state index is 12.9. The van der Waals surface area contributed by atoms with E-state index in [1.165, 1.54) is 12.1 Å². The van der Waals surface area contributed by atoms with E-state index in [4.69, 9.17) is 10.5 Å². The van der Waals surface area contributed by atoms with Crippen LogP contribution < -0.4 is 0 Å². The first-order chi connectivity index (χ1) is 7.25. The molecule has 0 amide bonds. The fourth-order valence-corrected chi connectivity index (χ4v) is 1.76. The Bertz CT molecular complexity index is 488. The summed E-state index contributed by atoms with van der Waals surface area (Å²) >= 11 is 0.380. The first-order valence-corrected chi connectivity index (χ1v) is 4.50. The van der Waals surface area contributed by atoms with Gasteiger partial charge in [-0.25, -0.2) is 0 Å². The number of nitrogens with zero attached hydrogens (tertiary/aromatic N) is 2. The van der Waals surface area contributed by atoms with Crippen LogP contribution in [0.15, 0.2) is 5.38 Å². The Hall–Kier alpha value is -1.67. The molecule has 0 aliphatic heterocycles. The summed E-state index contributed by atoms with van der Waals surface area (Å²) in [6.45, 7) is 0. The lowest BCUT2D eigenvalue weighted by molar-refractivity contribution is -0.289. The lowest BCUT2D eigenvalue weighted by Crippen LogP contribution is -2.33. The second-order valence-corrected chi connectivity index (χ2v) is 3.53.